The average Bonchev–Trinajstić information content (AvgIpc) is 2.47. The summed E-state index contributed by atoms with van der Waals surface area (Å²) in [6.45, 7) is 5.40. The van der Waals surface area contributed by atoms with Crippen LogP contribution in [0.3, 0.4) is 0 Å². The summed E-state index contributed by atoms with van der Waals surface area (Å²) >= 11 is 0. The molecule has 0 radical (unpaired) electrons. The molecule has 0 aliphatic rings. The van der Waals surface area contributed by atoms with Gasteiger partial charge < -0.3 is 14.2 Å². The standard InChI is InChI=1S/C15H22O4/c1-4-10-18-15(19-11-5-2)13-8-6-12(7-9-13)14(16)17-3/h6-9,15H,4-5,10-11H2,1-3H3. The van der Waals surface area contributed by atoms with E-state index in [1.165, 1.54) is 7.11 Å². The van der Waals surface area contributed by atoms with Crippen molar-refractivity contribution in [3.05, 3.63) is 35.4 Å². The third kappa shape index (κ3) is 5.01. The van der Waals surface area contributed by atoms with Gasteiger partial charge in [0.2, 0.25) is 0 Å². The fourth-order valence-electron chi connectivity index (χ4n) is 1.58. The minimum absolute atomic E-state index is 0.341. The van der Waals surface area contributed by atoms with Crippen molar-refractivity contribution in [2.45, 2.75) is 33.0 Å². The molecule has 0 aliphatic heterocycles. The van der Waals surface area contributed by atoms with Crippen LogP contribution in [0.5, 0.6) is 0 Å². The van der Waals surface area contributed by atoms with Crippen LogP contribution in [0.15, 0.2) is 24.3 Å². The Morgan fingerprint density at radius 1 is 1.05 bits per heavy atom. The number of rotatable bonds is 8. The van der Waals surface area contributed by atoms with Crippen molar-refractivity contribution >= 4 is 5.97 Å². The van der Waals surface area contributed by atoms with Crippen molar-refractivity contribution in [1.82, 2.24) is 0 Å². The molecule has 0 bridgehead atoms. The number of hydrogen-bond acceptors (Lipinski definition) is 4. The highest BCUT2D eigenvalue weighted by Gasteiger charge is 2.13. The summed E-state index contributed by atoms with van der Waals surface area (Å²) in [6.07, 6.45) is 1.50. The third-order valence-corrected chi connectivity index (χ3v) is 2.55. The smallest absolute Gasteiger partial charge is 0.337 e. The molecule has 19 heavy (non-hydrogen) atoms. The Balaban J connectivity index is 2.74. The van der Waals surface area contributed by atoms with Gasteiger partial charge in [0.05, 0.1) is 12.7 Å². The molecule has 0 atom stereocenters. The second-order valence-corrected chi connectivity index (χ2v) is 4.19. The van der Waals surface area contributed by atoms with Crippen LogP contribution in [-0.4, -0.2) is 26.3 Å². The van der Waals surface area contributed by atoms with Gasteiger partial charge in [-0.05, 0) is 25.0 Å². The lowest BCUT2D eigenvalue weighted by molar-refractivity contribution is -0.146. The van der Waals surface area contributed by atoms with Crippen LogP contribution in [0.2, 0.25) is 0 Å². The van der Waals surface area contributed by atoms with Gasteiger partial charge in [-0.2, -0.15) is 0 Å². The molecule has 1 rings (SSSR count). The van der Waals surface area contributed by atoms with Crippen molar-refractivity contribution in [1.29, 1.82) is 0 Å². The van der Waals surface area contributed by atoms with E-state index in [-0.39, 0.29) is 12.3 Å². The minimum Gasteiger partial charge on any atom is -0.465 e. The van der Waals surface area contributed by atoms with Crippen molar-refractivity contribution < 1.29 is 19.0 Å². The average molecular weight is 266 g/mol. The van der Waals surface area contributed by atoms with E-state index in [1.54, 1.807) is 12.1 Å². The molecule has 4 nitrogen and oxygen atoms in total. The minimum atomic E-state index is -0.369. The van der Waals surface area contributed by atoms with Gasteiger partial charge in [-0.3, -0.25) is 0 Å². The Kier molecular flexibility index (Phi) is 7.15. The number of carbonyl (C=O) groups is 1. The molecule has 0 unspecified atom stereocenters. The first-order valence-corrected chi connectivity index (χ1v) is 6.64. The zero-order chi connectivity index (χ0) is 14.1. The second kappa shape index (κ2) is 8.67. The van der Waals surface area contributed by atoms with Crippen LogP contribution in [0.1, 0.15) is 48.9 Å². The van der Waals surface area contributed by atoms with E-state index in [0.717, 1.165) is 18.4 Å². The first kappa shape index (κ1) is 15.7. The lowest BCUT2D eigenvalue weighted by Gasteiger charge is -2.18. The Hall–Kier alpha value is -1.39. The molecule has 1 aromatic carbocycles. The second-order valence-electron chi connectivity index (χ2n) is 4.19. The summed E-state index contributed by atoms with van der Waals surface area (Å²) in [5.74, 6) is -0.341. The van der Waals surface area contributed by atoms with Crippen LogP contribution in [-0.2, 0) is 14.2 Å². The molecule has 0 saturated heterocycles. The topological polar surface area (TPSA) is 44.8 Å². The van der Waals surface area contributed by atoms with Gasteiger partial charge in [-0.1, -0.05) is 26.0 Å². The number of esters is 1. The largest absolute Gasteiger partial charge is 0.465 e. The summed E-state index contributed by atoms with van der Waals surface area (Å²) in [6, 6.07) is 7.11. The highest BCUT2D eigenvalue weighted by molar-refractivity contribution is 5.89. The van der Waals surface area contributed by atoms with Crippen molar-refractivity contribution in [2.75, 3.05) is 20.3 Å². The summed E-state index contributed by atoms with van der Waals surface area (Å²) in [5.41, 5.74) is 1.44. The first-order chi connectivity index (χ1) is 9.22. The molecule has 1 aromatic rings. The molecular weight excluding hydrogens is 244 g/mol. The highest BCUT2D eigenvalue weighted by Crippen LogP contribution is 2.20. The SMILES string of the molecule is CCCOC(OCCC)c1ccc(C(=O)OC)cc1. The third-order valence-electron chi connectivity index (χ3n) is 2.55. The Morgan fingerprint density at radius 2 is 1.58 bits per heavy atom. The van der Waals surface area contributed by atoms with Gasteiger partial charge >= 0.3 is 5.97 Å². The summed E-state index contributed by atoms with van der Waals surface area (Å²) in [7, 11) is 1.37. The van der Waals surface area contributed by atoms with Gasteiger partial charge in [0.15, 0.2) is 6.29 Å². The number of carbonyl (C=O) groups excluding carboxylic acids is 1. The van der Waals surface area contributed by atoms with Crippen LogP contribution < -0.4 is 0 Å². The van der Waals surface area contributed by atoms with E-state index in [2.05, 4.69) is 18.6 Å². The van der Waals surface area contributed by atoms with Gasteiger partial charge in [-0.15, -0.1) is 0 Å². The normalized spacial score (nSPS) is 10.7. The molecule has 106 valence electrons. The molecule has 0 fully saturated rings. The fraction of sp³-hybridized carbons (Fsp3) is 0.533. The lowest BCUT2D eigenvalue weighted by Crippen LogP contribution is -2.11. The summed E-state index contributed by atoms with van der Waals surface area (Å²) in [4.78, 5) is 11.4. The van der Waals surface area contributed by atoms with Gasteiger partial charge in [0.25, 0.3) is 0 Å². The van der Waals surface area contributed by atoms with E-state index in [9.17, 15) is 4.79 Å². The van der Waals surface area contributed by atoms with Crippen molar-refractivity contribution in [3.8, 4) is 0 Å². The van der Waals surface area contributed by atoms with E-state index < -0.39 is 0 Å². The monoisotopic (exact) mass is 266 g/mol. The fourth-order valence-corrected chi connectivity index (χ4v) is 1.58. The molecule has 0 aromatic heterocycles. The van der Waals surface area contributed by atoms with E-state index in [4.69, 9.17) is 9.47 Å². The van der Waals surface area contributed by atoms with E-state index >= 15 is 0 Å². The van der Waals surface area contributed by atoms with Crippen LogP contribution in [0.25, 0.3) is 0 Å². The zero-order valence-corrected chi connectivity index (χ0v) is 11.8. The number of benzene rings is 1. The Labute approximate surface area is 114 Å². The van der Waals surface area contributed by atoms with E-state index in [0.29, 0.717) is 18.8 Å². The highest BCUT2D eigenvalue weighted by atomic mass is 16.7. The molecular formula is C15H22O4. The zero-order valence-electron chi connectivity index (χ0n) is 11.8. The van der Waals surface area contributed by atoms with Gasteiger partial charge in [0.1, 0.15) is 0 Å². The molecule has 0 aliphatic carbocycles. The van der Waals surface area contributed by atoms with Crippen LogP contribution >= 0.6 is 0 Å². The molecule has 4 heteroatoms. The van der Waals surface area contributed by atoms with Gasteiger partial charge in [0, 0.05) is 18.8 Å². The number of ether oxygens (including phenoxy) is 3. The molecule has 0 amide bonds. The first-order valence-electron chi connectivity index (χ1n) is 6.64. The molecule has 0 N–H and O–H groups in total. The summed E-state index contributed by atoms with van der Waals surface area (Å²) in [5, 5.41) is 0. The lowest BCUT2D eigenvalue weighted by atomic mass is 10.1. The quantitative estimate of drug-likeness (QED) is 0.535. The molecule has 0 spiro atoms. The summed E-state index contributed by atoms with van der Waals surface area (Å²) < 4.78 is 16.0. The predicted molar refractivity (Wildman–Crippen MR) is 73.0 cm³/mol. The number of methoxy groups -OCH3 is 1. The number of hydrogen-bond donors (Lipinski definition) is 0. The Bertz CT molecular complexity index is 364. The maximum Gasteiger partial charge on any atom is 0.337 e. The van der Waals surface area contributed by atoms with Crippen molar-refractivity contribution in [3.63, 3.8) is 0 Å². The molecule has 0 saturated carbocycles. The maximum atomic E-state index is 11.4. The van der Waals surface area contributed by atoms with E-state index in [1.807, 2.05) is 12.1 Å². The predicted octanol–water partition coefficient (Wildman–Crippen LogP) is 3.33. The molecule has 0 heterocycles. The maximum absolute atomic E-state index is 11.4. The van der Waals surface area contributed by atoms with Crippen LogP contribution in [0, 0.1) is 0 Å². The van der Waals surface area contributed by atoms with Crippen LogP contribution in [0.4, 0.5) is 0 Å². The Morgan fingerprint density at radius 3 is 2.00 bits per heavy atom. The van der Waals surface area contributed by atoms with Gasteiger partial charge in [-0.25, -0.2) is 4.79 Å². The van der Waals surface area contributed by atoms with Crippen molar-refractivity contribution in [2.24, 2.45) is 0 Å².